The molecule has 0 aliphatic rings. The Morgan fingerprint density at radius 3 is 2.55 bits per heavy atom. The number of hydrogen-bond acceptors (Lipinski definition) is 6. The van der Waals surface area contributed by atoms with Crippen LogP contribution in [0.15, 0.2) is 29.4 Å². The summed E-state index contributed by atoms with van der Waals surface area (Å²) in [6.07, 6.45) is 0. The standard InChI is InChI=1S/C14H19N5O2S/c1-9(12(21)15-14(2,3)4)22-13-16-17-18-19(13)10-5-7-11(20)8-6-10/h5-9,20H,1-4H3,(H,15,21). The fourth-order valence-corrected chi connectivity index (χ4v) is 2.50. The molecule has 0 radical (unpaired) electrons. The highest BCUT2D eigenvalue weighted by molar-refractivity contribution is 8.00. The first-order chi connectivity index (χ1) is 10.3. The quantitative estimate of drug-likeness (QED) is 0.834. The summed E-state index contributed by atoms with van der Waals surface area (Å²) in [7, 11) is 0. The number of aromatic hydroxyl groups is 1. The Hall–Kier alpha value is -2.09. The van der Waals surface area contributed by atoms with Gasteiger partial charge in [-0.2, -0.15) is 4.68 Å². The second kappa shape index (κ2) is 6.35. The fourth-order valence-electron chi connectivity index (χ4n) is 1.69. The van der Waals surface area contributed by atoms with Crippen LogP contribution < -0.4 is 5.32 Å². The molecular formula is C14H19N5O2S. The third-order valence-electron chi connectivity index (χ3n) is 2.68. The van der Waals surface area contributed by atoms with Crippen LogP contribution >= 0.6 is 11.8 Å². The van der Waals surface area contributed by atoms with Crippen molar-refractivity contribution in [2.75, 3.05) is 0 Å². The Balaban J connectivity index is 2.13. The maximum atomic E-state index is 12.1. The summed E-state index contributed by atoms with van der Waals surface area (Å²) in [5.41, 5.74) is 0.433. The number of hydrogen-bond donors (Lipinski definition) is 2. The second-order valence-corrected chi connectivity index (χ2v) is 7.20. The van der Waals surface area contributed by atoms with Gasteiger partial charge in [0.25, 0.3) is 0 Å². The van der Waals surface area contributed by atoms with Crippen LogP contribution in [-0.2, 0) is 4.79 Å². The molecule has 0 saturated carbocycles. The Morgan fingerprint density at radius 2 is 1.95 bits per heavy atom. The van der Waals surface area contributed by atoms with Gasteiger partial charge in [0, 0.05) is 5.54 Å². The molecule has 1 aromatic carbocycles. The molecule has 0 aliphatic carbocycles. The first-order valence-electron chi connectivity index (χ1n) is 6.83. The van der Waals surface area contributed by atoms with E-state index in [1.165, 1.54) is 16.4 Å². The van der Waals surface area contributed by atoms with Crippen LogP contribution in [0, 0.1) is 0 Å². The number of phenolic OH excluding ortho intramolecular Hbond substituents is 1. The van der Waals surface area contributed by atoms with Crippen molar-refractivity contribution < 1.29 is 9.90 Å². The molecule has 1 unspecified atom stereocenters. The van der Waals surface area contributed by atoms with Crippen molar-refractivity contribution in [2.24, 2.45) is 0 Å². The van der Waals surface area contributed by atoms with Crippen LogP contribution in [0.1, 0.15) is 27.7 Å². The summed E-state index contributed by atoms with van der Waals surface area (Å²) in [5.74, 6) is 0.0988. The fraction of sp³-hybridized carbons (Fsp3) is 0.429. The number of nitrogens with one attached hydrogen (secondary N) is 1. The van der Waals surface area contributed by atoms with Crippen molar-refractivity contribution in [1.82, 2.24) is 25.5 Å². The molecule has 2 aromatic rings. The normalized spacial score (nSPS) is 12.9. The summed E-state index contributed by atoms with van der Waals surface area (Å²) in [4.78, 5) is 12.1. The molecule has 0 fully saturated rings. The number of tetrazole rings is 1. The van der Waals surface area contributed by atoms with Gasteiger partial charge in [-0.05, 0) is 62.4 Å². The van der Waals surface area contributed by atoms with Gasteiger partial charge in [0.1, 0.15) is 5.75 Å². The summed E-state index contributed by atoms with van der Waals surface area (Å²) >= 11 is 1.28. The Labute approximate surface area is 133 Å². The first-order valence-corrected chi connectivity index (χ1v) is 7.71. The number of rotatable bonds is 4. The third kappa shape index (κ3) is 4.20. The van der Waals surface area contributed by atoms with E-state index in [0.29, 0.717) is 10.8 Å². The van der Waals surface area contributed by atoms with Gasteiger partial charge in [0.05, 0.1) is 10.9 Å². The maximum absolute atomic E-state index is 12.1. The highest BCUT2D eigenvalue weighted by atomic mass is 32.2. The second-order valence-electron chi connectivity index (χ2n) is 5.89. The first kappa shape index (κ1) is 16.3. The molecule has 0 spiro atoms. The predicted octanol–water partition coefficient (Wildman–Crippen LogP) is 1.76. The van der Waals surface area contributed by atoms with E-state index in [9.17, 15) is 9.90 Å². The van der Waals surface area contributed by atoms with Crippen LogP contribution in [0.5, 0.6) is 5.75 Å². The number of carbonyl (C=O) groups is 1. The van der Waals surface area contributed by atoms with Crippen molar-refractivity contribution in [3.8, 4) is 11.4 Å². The van der Waals surface area contributed by atoms with Gasteiger partial charge in [-0.25, -0.2) is 0 Å². The molecule has 0 aliphatic heterocycles. The number of phenols is 1. The van der Waals surface area contributed by atoms with Crippen molar-refractivity contribution in [3.05, 3.63) is 24.3 Å². The van der Waals surface area contributed by atoms with E-state index in [2.05, 4.69) is 20.8 Å². The Bertz CT molecular complexity index is 648. The monoisotopic (exact) mass is 321 g/mol. The molecule has 7 nitrogen and oxygen atoms in total. The highest BCUT2D eigenvalue weighted by Gasteiger charge is 2.22. The summed E-state index contributed by atoms with van der Waals surface area (Å²) < 4.78 is 1.53. The molecule has 2 rings (SSSR count). The van der Waals surface area contributed by atoms with Crippen molar-refractivity contribution in [3.63, 3.8) is 0 Å². The third-order valence-corrected chi connectivity index (χ3v) is 3.72. The lowest BCUT2D eigenvalue weighted by Gasteiger charge is -2.22. The smallest absolute Gasteiger partial charge is 0.233 e. The zero-order chi connectivity index (χ0) is 16.3. The minimum atomic E-state index is -0.332. The van der Waals surface area contributed by atoms with E-state index in [4.69, 9.17) is 0 Å². The van der Waals surface area contributed by atoms with Gasteiger partial charge in [-0.1, -0.05) is 11.8 Å². The van der Waals surface area contributed by atoms with E-state index in [1.54, 1.807) is 24.3 Å². The molecule has 22 heavy (non-hydrogen) atoms. The van der Waals surface area contributed by atoms with Crippen molar-refractivity contribution >= 4 is 17.7 Å². The minimum Gasteiger partial charge on any atom is -0.508 e. The van der Waals surface area contributed by atoms with Crippen LogP contribution in [0.3, 0.4) is 0 Å². The van der Waals surface area contributed by atoms with Gasteiger partial charge < -0.3 is 10.4 Å². The van der Waals surface area contributed by atoms with E-state index in [-0.39, 0.29) is 22.4 Å². The summed E-state index contributed by atoms with van der Waals surface area (Å²) in [5, 5.41) is 24.0. The van der Waals surface area contributed by atoms with Gasteiger partial charge in [-0.15, -0.1) is 5.10 Å². The van der Waals surface area contributed by atoms with Gasteiger partial charge in [0.2, 0.25) is 11.1 Å². The molecule has 8 heteroatoms. The molecule has 1 aromatic heterocycles. The van der Waals surface area contributed by atoms with Crippen LogP contribution in [-0.4, -0.2) is 42.0 Å². The molecule has 1 heterocycles. The molecule has 0 saturated heterocycles. The Morgan fingerprint density at radius 1 is 1.32 bits per heavy atom. The summed E-state index contributed by atoms with van der Waals surface area (Å²) in [6.45, 7) is 7.61. The average Bonchev–Trinajstić information content (AvgIpc) is 2.85. The van der Waals surface area contributed by atoms with Crippen LogP contribution in [0.4, 0.5) is 0 Å². The minimum absolute atomic E-state index is 0.0715. The number of benzene rings is 1. The van der Waals surface area contributed by atoms with Gasteiger partial charge >= 0.3 is 0 Å². The van der Waals surface area contributed by atoms with E-state index in [0.717, 1.165) is 0 Å². The Kier molecular flexibility index (Phi) is 4.70. The average molecular weight is 321 g/mol. The van der Waals surface area contributed by atoms with E-state index >= 15 is 0 Å². The van der Waals surface area contributed by atoms with Crippen molar-refractivity contribution in [1.29, 1.82) is 0 Å². The van der Waals surface area contributed by atoms with Gasteiger partial charge in [-0.3, -0.25) is 4.79 Å². The molecule has 1 amide bonds. The lowest BCUT2D eigenvalue weighted by molar-refractivity contribution is -0.121. The van der Waals surface area contributed by atoms with Crippen LogP contribution in [0.25, 0.3) is 5.69 Å². The molecule has 2 N–H and O–H groups in total. The van der Waals surface area contributed by atoms with Gasteiger partial charge in [0.15, 0.2) is 0 Å². The molecule has 1 atom stereocenters. The largest absolute Gasteiger partial charge is 0.508 e. The topological polar surface area (TPSA) is 92.9 Å². The molecular weight excluding hydrogens is 302 g/mol. The van der Waals surface area contributed by atoms with E-state index in [1.807, 2.05) is 27.7 Å². The lowest BCUT2D eigenvalue weighted by atomic mass is 10.1. The van der Waals surface area contributed by atoms with Crippen molar-refractivity contribution in [2.45, 2.75) is 43.6 Å². The van der Waals surface area contributed by atoms with E-state index < -0.39 is 0 Å². The zero-order valence-electron chi connectivity index (χ0n) is 12.9. The molecule has 118 valence electrons. The highest BCUT2D eigenvalue weighted by Crippen LogP contribution is 2.24. The number of nitrogens with zero attached hydrogens (tertiary/aromatic N) is 4. The number of carbonyl (C=O) groups excluding carboxylic acids is 1. The number of aromatic nitrogens is 4. The van der Waals surface area contributed by atoms with Crippen LogP contribution in [0.2, 0.25) is 0 Å². The number of thioether (sulfide) groups is 1. The summed E-state index contributed by atoms with van der Waals surface area (Å²) in [6, 6.07) is 6.52. The maximum Gasteiger partial charge on any atom is 0.233 e. The number of amides is 1. The predicted molar refractivity (Wildman–Crippen MR) is 84.0 cm³/mol. The lowest BCUT2D eigenvalue weighted by Crippen LogP contribution is -2.44. The molecule has 0 bridgehead atoms. The SMILES string of the molecule is CC(Sc1nnnn1-c1ccc(O)cc1)C(=O)NC(C)(C)C. The zero-order valence-corrected chi connectivity index (χ0v) is 13.8.